The summed E-state index contributed by atoms with van der Waals surface area (Å²) in [7, 11) is 0. The van der Waals surface area contributed by atoms with Crippen LogP contribution in [0, 0.1) is 16.7 Å². The van der Waals surface area contributed by atoms with Crippen LogP contribution in [-0.2, 0) is 11.2 Å². The van der Waals surface area contributed by atoms with Crippen LogP contribution >= 0.6 is 0 Å². The number of rotatable bonds is 4. The molecule has 6 heteroatoms. The van der Waals surface area contributed by atoms with Crippen LogP contribution in [-0.4, -0.2) is 17.4 Å². The molecule has 0 fully saturated rings. The van der Waals surface area contributed by atoms with Gasteiger partial charge in [-0.1, -0.05) is 6.07 Å². The molecule has 3 N–H and O–H groups in total. The Bertz CT molecular complexity index is 999. The van der Waals surface area contributed by atoms with Crippen LogP contribution in [0.5, 0.6) is 0 Å². The highest BCUT2D eigenvalue weighted by molar-refractivity contribution is 6.04. The summed E-state index contributed by atoms with van der Waals surface area (Å²) in [5.41, 5.74) is 4.91. The van der Waals surface area contributed by atoms with Gasteiger partial charge in [0, 0.05) is 17.0 Å². The highest BCUT2D eigenvalue weighted by Crippen LogP contribution is 2.35. The van der Waals surface area contributed by atoms with Crippen LogP contribution in [0.4, 0.5) is 16.2 Å². The van der Waals surface area contributed by atoms with Gasteiger partial charge in [-0.2, -0.15) is 5.26 Å². The Labute approximate surface area is 171 Å². The fourth-order valence-corrected chi connectivity index (χ4v) is 3.51. The van der Waals surface area contributed by atoms with E-state index >= 15 is 0 Å². The average Bonchev–Trinajstić information content (AvgIpc) is 3.03. The van der Waals surface area contributed by atoms with E-state index in [9.17, 15) is 4.79 Å². The highest BCUT2D eigenvalue weighted by atomic mass is 16.6. The first-order valence-electron chi connectivity index (χ1n) is 9.65. The predicted octanol–water partition coefficient (Wildman–Crippen LogP) is 5.39. The molecule has 1 amide bonds. The number of hydrogen-bond acceptors (Lipinski definition) is 5. The molecule has 29 heavy (non-hydrogen) atoms. The third-order valence-electron chi connectivity index (χ3n) is 4.75. The number of nitriles is 1. The van der Waals surface area contributed by atoms with Gasteiger partial charge in [0.15, 0.2) is 0 Å². The Morgan fingerprint density at radius 1 is 1.24 bits per heavy atom. The molecule has 0 radical (unpaired) electrons. The number of carbonyl (C=O) groups excluding carboxylic acids is 1. The van der Waals surface area contributed by atoms with Crippen molar-refractivity contribution in [3.05, 3.63) is 58.7 Å². The molecular formula is C23H26N4O2. The molecule has 150 valence electrons. The van der Waals surface area contributed by atoms with E-state index < -0.39 is 11.7 Å². The van der Waals surface area contributed by atoms with Gasteiger partial charge >= 0.3 is 6.09 Å². The number of amides is 1. The number of hydrogen-bond donors (Lipinski definition) is 3. The van der Waals surface area contributed by atoms with Crippen molar-refractivity contribution in [3.8, 4) is 6.07 Å². The molecule has 2 aromatic rings. The average molecular weight is 390 g/mol. The maximum absolute atomic E-state index is 12.1. The van der Waals surface area contributed by atoms with Crippen molar-refractivity contribution in [2.24, 2.45) is 0 Å². The zero-order valence-corrected chi connectivity index (χ0v) is 17.2. The van der Waals surface area contributed by atoms with Crippen molar-refractivity contribution >= 4 is 23.2 Å². The van der Waals surface area contributed by atoms with E-state index in [-0.39, 0.29) is 6.04 Å². The first kappa shape index (κ1) is 20.4. The second-order valence-corrected chi connectivity index (χ2v) is 8.27. The third-order valence-corrected chi connectivity index (χ3v) is 4.75. The van der Waals surface area contributed by atoms with Crippen LogP contribution in [0.3, 0.4) is 0 Å². The van der Waals surface area contributed by atoms with Crippen LogP contribution in [0.25, 0.3) is 0 Å². The molecule has 1 aliphatic carbocycles. The molecule has 0 heterocycles. The van der Waals surface area contributed by atoms with Gasteiger partial charge in [-0.3, -0.25) is 5.32 Å². The summed E-state index contributed by atoms with van der Waals surface area (Å²) in [6.45, 7) is 7.11. The van der Waals surface area contributed by atoms with Crippen LogP contribution in [0.1, 0.15) is 62.4 Å². The fourth-order valence-electron chi connectivity index (χ4n) is 3.51. The lowest BCUT2D eigenvalue weighted by molar-refractivity contribution is 0.0636. The first-order chi connectivity index (χ1) is 13.7. The van der Waals surface area contributed by atoms with Gasteiger partial charge in [-0.05, 0) is 82.0 Å². The summed E-state index contributed by atoms with van der Waals surface area (Å²) >= 11 is 0. The Morgan fingerprint density at radius 2 is 2.00 bits per heavy atom. The van der Waals surface area contributed by atoms with Crippen LogP contribution in [0.2, 0.25) is 0 Å². The standard InChI is InChI=1S/C23H26N4O2/c1-14(25)19-12-17(7-10-21(19)27-22(28)29-23(2,3)4)26-20-9-6-16-11-15(13-24)5-8-18(16)20/h5,7-8,10-12,20,25-26H,6,9H2,1-4H3,(H,27,28). The molecule has 1 unspecified atom stereocenters. The third kappa shape index (κ3) is 4.94. The summed E-state index contributed by atoms with van der Waals surface area (Å²) in [6, 6.07) is 13.7. The minimum atomic E-state index is -0.591. The summed E-state index contributed by atoms with van der Waals surface area (Å²) in [5.74, 6) is 0. The predicted molar refractivity (Wildman–Crippen MR) is 115 cm³/mol. The summed E-state index contributed by atoms with van der Waals surface area (Å²) in [6.07, 6.45) is 1.33. The lowest BCUT2D eigenvalue weighted by Gasteiger charge is -2.21. The molecule has 0 aliphatic heterocycles. The van der Waals surface area contributed by atoms with E-state index in [0.717, 1.165) is 18.5 Å². The van der Waals surface area contributed by atoms with Crippen molar-refractivity contribution in [2.75, 3.05) is 10.6 Å². The van der Waals surface area contributed by atoms with Gasteiger partial charge in [0.25, 0.3) is 0 Å². The van der Waals surface area contributed by atoms with Crippen molar-refractivity contribution in [3.63, 3.8) is 0 Å². The molecule has 3 rings (SSSR count). The molecule has 0 bridgehead atoms. The molecule has 0 aromatic heterocycles. The fraction of sp³-hybridized carbons (Fsp3) is 0.348. The van der Waals surface area contributed by atoms with Crippen molar-refractivity contribution in [1.82, 2.24) is 0 Å². The molecule has 0 saturated heterocycles. The molecular weight excluding hydrogens is 364 g/mol. The molecule has 1 aliphatic rings. The van der Waals surface area contributed by atoms with Gasteiger partial charge < -0.3 is 15.5 Å². The maximum atomic E-state index is 12.1. The Morgan fingerprint density at radius 3 is 2.66 bits per heavy atom. The van der Waals surface area contributed by atoms with E-state index in [1.807, 2.05) is 30.3 Å². The minimum Gasteiger partial charge on any atom is -0.444 e. The number of aryl methyl sites for hydroxylation is 1. The van der Waals surface area contributed by atoms with Crippen molar-refractivity contribution < 1.29 is 9.53 Å². The monoisotopic (exact) mass is 390 g/mol. The molecule has 0 saturated carbocycles. The smallest absolute Gasteiger partial charge is 0.412 e. The Balaban J connectivity index is 1.79. The van der Waals surface area contributed by atoms with E-state index in [2.05, 4.69) is 16.7 Å². The summed E-state index contributed by atoms with van der Waals surface area (Å²) < 4.78 is 5.31. The molecule has 2 aromatic carbocycles. The lowest BCUT2D eigenvalue weighted by Crippen LogP contribution is -2.27. The first-order valence-corrected chi connectivity index (χ1v) is 9.65. The van der Waals surface area contributed by atoms with Gasteiger partial charge in [0.1, 0.15) is 5.60 Å². The number of fused-ring (bicyclic) bond motifs is 1. The zero-order chi connectivity index (χ0) is 21.2. The molecule has 1 atom stereocenters. The molecule has 0 spiro atoms. The number of nitrogens with zero attached hydrogens (tertiary/aromatic N) is 1. The Hall–Kier alpha value is -3.33. The topological polar surface area (TPSA) is 98.0 Å². The van der Waals surface area contributed by atoms with Gasteiger partial charge in [-0.15, -0.1) is 0 Å². The highest BCUT2D eigenvalue weighted by Gasteiger charge is 2.23. The van der Waals surface area contributed by atoms with E-state index in [4.69, 9.17) is 15.4 Å². The number of nitrogens with one attached hydrogen (secondary N) is 3. The summed E-state index contributed by atoms with van der Waals surface area (Å²) in [5, 5.41) is 23.4. The second-order valence-electron chi connectivity index (χ2n) is 8.27. The van der Waals surface area contributed by atoms with Gasteiger partial charge in [0.2, 0.25) is 0 Å². The van der Waals surface area contributed by atoms with E-state index in [1.54, 1.807) is 33.8 Å². The largest absolute Gasteiger partial charge is 0.444 e. The second kappa shape index (κ2) is 7.96. The lowest BCUT2D eigenvalue weighted by atomic mass is 10.0. The molecule has 6 nitrogen and oxygen atoms in total. The maximum Gasteiger partial charge on any atom is 0.412 e. The van der Waals surface area contributed by atoms with Crippen LogP contribution in [0.15, 0.2) is 36.4 Å². The quantitative estimate of drug-likeness (QED) is 0.609. The number of anilines is 2. The normalized spacial score (nSPS) is 15.2. The SMILES string of the molecule is CC(=N)c1cc(NC2CCc3cc(C#N)ccc32)ccc1NC(=O)OC(C)(C)C. The summed E-state index contributed by atoms with van der Waals surface area (Å²) in [4.78, 5) is 12.1. The van der Waals surface area contributed by atoms with Crippen molar-refractivity contribution in [2.45, 2.75) is 52.2 Å². The van der Waals surface area contributed by atoms with Crippen molar-refractivity contribution in [1.29, 1.82) is 10.7 Å². The zero-order valence-electron chi connectivity index (χ0n) is 17.2. The number of carbonyl (C=O) groups is 1. The minimum absolute atomic E-state index is 0.154. The number of ether oxygens (including phenoxy) is 1. The van der Waals surface area contributed by atoms with Gasteiger partial charge in [-0.25, -0.2) is 4.79 Å². The number of benzene rings is 2. The van der Waals surface area contributed by atoms with Gasteiger partial charge in [0.05, 0.1) is 23.4 Å². The Kier molecular flexibility index (Phi) is 5.60. The van der Waals surface area contributed by atoms with E-state index in [1.165, 1.54) is 11.1 Å². The van der Waals surface area contributed by atoms with Crippen LogP contribution < -0.4 is 10.6 Å². The van der Waals surface area contributed by atoms with E-state index in [0.29, 0.717) is 22.5 Å².